The Hall–Kier alpha value is -1.42. The van der Waals surface area contributed by atoms with Gasteiger partial charge < -0.3 is 19.9 Å². The van der Waals surface area contributed by atoms with Crippen LogP contribution in [-0.4, -0.2) is 26.4 Å². The van der Waals surface area contributed by atoms with E-state index in [0.29, 0.717) is 24.7 Å². The number of anilines is 1. The zero-order valence-electron chi connectivity index (χ0n) is 8.03. The first kappa shape index (κ1) is 9.15. The Morgan fingerprint density at radius 3 is 3.14 bits per heavy atom. The van der Waals surface area contributed by atoms with Gasteiger partial charge in [-0.2, -0.15) is 0 Å². The fourth-order valence-electron chi connectivity index (χ4n) is 1.40. The molecule has 1 aromatic rings. The largest absolute Gasteiger partial charge is 0.486 e. The first-order chi connectivity index (χ1) is 6.79. The van der Waals surface area contributed by atoms with Crippen LogP contribution in [0.4, 0.5) is 5.69 Å². The molecule has 0 saturated carbocycles. The lowest BCUT2D eigenvalue weighted by atomic mass is 10.2. The van der Waals surface area contributed by atoms with E-state index in [2.05, 4.69) is 0 Å². The Morgan fingerprint density at radius 1 is 1.50 bits per heavy atom. The lowest BCUT2D eigenvalue weighted by Crippen LogP contribution is -2.32. The average molecular weight is 195 g/mol. The summed E-state index contributed by atoms with van der Waals surface area (Å²) in [6.07, 6.45) is -0.0314. The standard InChI is InChI=1S/C10H13NO3/c1-12-5-8-6-13-10-4-7(11)2-3-9(10)14-8/h2-4,8H,5-6,11H2,1H3. The molecule has 0 spiro atoms. The Balaban J connectivity index is 2.15. The quantitative estimate of drug-likeness (QED) is 0.717. The van der Waals surface area contributed by atoms with Crippen LogP contribution in [0.5, 0.6) is 11.5 Å². The second-order valence-electron chi connectivity index (χ2n) is 3.21. The summed E-state index contributed by atoms with van der Waals surface area (Å²) in [6.45, 7) is 1.04. The summed E-state index contributed by atoms with van der Waals surface area (Å²) in [6, 6.07) is 5.36. The molecule has 1 aliphatic rings. The number of methoxy groups -OCH3 is 1. The normalized spacial score (nSPS) is 19.4. The molecular formula is C10H13NO3. The zero-order chi connectivity index (χ0) is 9.97. The van der Waals surface area contributed by atoms with Gasteiger partial charge in [0.2, 0.25) is 0 Å². The van der Waals surface area contributed by atoms with Gasteiger partial charge in [-0.25, -0.2) is 0 Å². The van der Waals surface area contributed by atoms with Crippen LogP contribution < -0.4 is 15.2 Å². The van der Waals surface area contributed by atoms with Crippen molar-refractivity contribution in [3.8, 4) is 11.5 Å². The van der Waals surface area contributed by atoms with E-state index in [0.717, 1.165) is 5.75 Å². The minimum Gasteiger partial charge on any atom is -0.486 e. The molecule has 1 unspecified atom stereocenters. The van der Waals surface area contributed by atoms with Gasteiger partial charge >= 0.3 is 0 Å². The lowest BCUT2D eigenvalue weighted by molar-refractivity contribution is 0.0273. The highest BCUT2D eigenvalue weighted by molar-refractivity contribution is 5.52. The number of hydrogen-bond acceptors (Lipinski definition) is 4. The van der Waals surface area contributed by atoms with Gasteiger partial charge in [0.15, 0.2) is 17.6 Å². The van der Waals surface area contributed by atoms with Crippen LogP contribution in [0.15, 0.2) is 18.2 Å². The van der Waals surface area contributed by atoms with Gasteiger partial charge in [0.25, 0.3) is 0 Å². The maximum atomic E-state index is 5.62. The molecule has 0 radical (unpaired) electrons. The molecule has 2 N–H and O–H groups in total. The predicted molar refractivity (Wildman–Crippen MR) is 52.6 cm³/mol. The number of benzene rings is 1. The highest BCUT2D eigenvalue weighted by Gasteiger charge is 2.20. The molecule has 0 saturated heterocycles. The topological polar surface area (TPSA) is 53.7 Å². The first-order valence-electron chi connectivity index (χ1n) is 4.47. The van der Waals surface area contributed by atoms with E-state index in [1.807, 2.05) is 6.07 Å². The lowest BCUT2D eigenvalue weighted by Gasteiger charge is -2.26. The van der Waals surface area contributed by atoms with Gasteiger partial charge in [0.05, 0.1) is 6.61 Å². The van der Waals surface area contributed by atoms with Crippen molar-refractivity contribution in [3.63, 3.8) is 0 Å². The number of nitrogens with two attached hydrogens (primary N) is 1. The van der Waals surface area contributed by atoms with Crippen molar-refractivity contribution in [1.82, 2.24) is 0 Å². The van der Waals surface area contributed by atoms with E-state index in [1.54, 1.807) is 19.2 Å². The number of ether oxygens (including phenoxy) is 3. The van der Waals surface area contributed by atoms with Crippen molar-refractivity contribution in [2.24, 2.45) is 0 Å². The maximum Gasteiger partial charge on any atom is 0.163 e. The van der Waals surface area contributed by atoms with Crippen LogP contribution in [0.25, 0.3) is 0 Å². The molecule has 0 bridgehead atoms. The van der Waals surface area contributed by atoms with Crippen molar-refractivity contribution >= 4 is 5.69 Å². The second kappa shape index (κ2) is 3.75. The van der Waals surface area contributed by atoms with Crippen LogP contribution in [0.2, 0.25) is 0 Å². The molecule has 1 aliphatic heterocycles. The molecule has 1 atom stereocenters. The van der Waals surface area contributed by atoms with Crippen LogP contribution in [0.1, 0.15) is 0 Å². The summed E-state index contributed by atoms with van der Waals surface area (Å²) >= 11 is 0. The van der Waals surface area contributed by atoms with Gasteiger partial charge in [-0.3, -0.25) is 0 Å². The summed E-state index contributed by atoms with van der Waals surface area (Å²) in [7, 11) is 1.64. The van der Waals surface area contributed by atoms with E-state index in [9.17, 15) is 0 Å². The van der Waals surface area contributed by atoms with Gasteiger partial charge in [0.1, 0.15) is 6.61 Å². The first-order valence-corrected chi connectivity index (χ1v) is 4.47. The van der Waals surface area contributed by atoms with Crippen LogP contribution in [-0.2, 0) is 4.74 Å². The minimum absolute atomic E-state index is 0.0314. The minimum atomic E-state index is -0.0314. The SMILES string of the molecule is COCC1COc2cc(N)ccc2O1. The molecule has 14 heavy (non-hydrogen) atoms. The van der Waals surface area contributed by atoms with Crippen molar-refractivity contribution in [1.29, 1.82) is 0 Å². The fraction of sp³-hybridized carbons (Fsp3) is 0.400. The van der Waals surface area contributed by atoms with E-state index in [1.165, 1.54) is 0 Å². The Morgan fingerprint density at radius 2 is 2.36 bits per heavy atom. The Bertz CT molecular complexity index is 327. The monoisotopic (exact) mass is 195 g/mol. The van der Waals surface area contributed by atoms with Gasteiger partial charge in [-0.05, 0) is 12.1 Å². The molecule has 0 aromatic heterocycles. The van der Waals surface area contributed by atoms with Crippen molar-refractivity contribution in [3.05, 3.63) is 18.2 Å². The third kappa shape index (κ3) is 1.75. The molecule has 0 aliphatic carbocycles. The number of nitrogen functional groups attached to an aromatic ring is 1. The maximum absolute atomic E-state index is 5.62. The number of hydrogen-bond donors (Lipinski definition) is 1. The van der Waals surface area contributed by atoms with E-state index in [-0.39, 0.29) is 6.10 Å². The summed E-state index contributed by atoms with van der Waals surface area (Å²) in [4.78, 5) is 0. The summed E-state index contributed by atoms with van der Waals surface area (Å²) in [5, 5.41) is 0. The van der Waals surface area contributed by atoms with Crippen LogP contribution in [0, 0.1) is 0 Å². The summed E-state index contributed by atoms with van der Waals surface area (Å²) in [5.74, 6) is 1.44. The third-order valence-corrected chi connectivity index (χ3v) is 2.04. The molecule has 2 rings (SSSR count). The average Bonchev–Trinajstić information content (AvgIpc) is 2.19. The second-order valence-corrected chi connectivity index (χ2v) is 3.21. The molecule has 1 heterocycles. The third-order valence-electron chi connectivity index (χ3n) is 2.04. The van der Waals surface area contributed by atoms with Crippen molar-refractivity contribution in [2.45, 2.75) is 6.10 Å². The van der Waals surface area contributed by atoms with E-state index < -0.39 is 0 Å². The molecule has 0 amide bonds. The van der Waals surface area contributed by atoms with Gasteiger partial charge in [-0.15, -0.1) is 0 Å². The van der Waals surface area contributed by atoms with Crippen molar-refractivity contribution < 1.29 is 14.2 Å². The molecule has 76 valence electrons. The van der Waals surface area contributed by atoms with E-state index >= 15 is 0 Å². The number of fused-ring (bicyclic) bond motifs is 1. The van der Waals surface area contributed by atoms with Crippen molar-refractivity contribution in [2.75, 3.05) is 26.1 Å². The van der Waals surface area contributed by atoms with Gasteiger partial charge in [0, 0.05) is 18.9 Å². The van der Waals surface area contributed by atoms with Crippen LogP contribution >= 0.6 is 0 Å². The molecule has 0 fully saturated rings. The molecule has 4 heteroatoms. The summed E-state index contributed by atoms with van der Waals surface area (Å²) < 4.78 is 16.1. The molecule has 1 aromatic carbocycles. The number of rotatable bonds is 2. The molecule has 4 nitrogen and oxygen atoms in total. The highest BCUT2D eigenvalue weighted by atomic mass is 16.6. The van der Waals surface area contributed by atoms with Crippen LogP contribution in [0.3, 0.4) is 0 Å². The molecular weight excluding hydrogens is 182 g/mol. The summed E-state index contributed by atoms with van der Waals surface area (Å²) in [5.41, 5.74) is 6.29. The van der Waals surface area contributed by atoms with Gasteiger partial charge in [-0.1, -0.05) is 0 Å². The fourth-order valence-corrected chi connectivity index (χ4v) is 1.40. The van der Waals surface area contributed by atoms with E-state index in [4.69, 9.17) is 19.9 Å². The Kier molecular flexibility index (Phi) is 2.45. The predicted octanol–water partition coefficient (Wildman–Crippen LogP) is 1.05. The zero-order valence-corrected chi connectivity index (χ0v) is 8.03. The smallest absolute Gasteiger partial charge is 0.163 e. The highest BCUT2D eigenvalue weighted by Crippen LogP contribution is 2.33. The Labute approximate surface area is 82.6 Å².